The zero-order valence-corrected chi connectivity index (χ0v) is 22.9. The number of alkyl carbamates (subject to hydrolysis) is 1. The zero-order chi connectivity index (χ0) is 27.6. The van der Waals surface area contributed by atoms with E-state index in [4.69, 9.17) is 4.74 Å². The smallest absolute Gasteiger partial charge is 0.407 e. The maximum atomic E-state index is 13.7. The van der Waals surface area contributed by atoms with Crippen molar-refractivity contribution in [2.45, 2.75) is 38.4 Å². The fourth-order valence-corrected chi connectivity index (χ4v) is 6.37. The van der Waals surface area contributed by atoms with E-state index in [1.165, 1.54) is 22.3 Å². The summed E-state index contributed by atoms with van der Waals surface area (Å²) in [7, 11) is 0. The molecule has 1 saturated heterocycles. The molecule has 202 valence electrons. The molecule has 0 bridgehead atoms. The fraction of sp³-hybridized carbons (Fsp3) is 0.257. The van der Waals surface area contributed by atoms with Gasteiger partial charge in [-0.15, -0.1) is 0 Å². The first kappa shape index (κ1) is 25.9. The SMILES string of the molecule is CC(C)[C@H](NC(=O)OCC1c2ccccc2-c2ccccc21)[C@H]1C(=O)N(Cc2ccccc2)[C@@H]1c1ccccc1. The minimum Gasteiger partial charge on any atom is -0.449 e. The Labute approximate surface area is 235 Å². The maximum Gasteiger partial charge on any atom is 0.407 e. The molecule has 0 aromatic heterocycles. The second-order valence-corrected chi connectivity index (χ2v) is 11.1. The summed E-state index contributed by atoms with van der Waals surface area (Å²) < 4.78 is 5.86. The summed E-state index contributed by atoms with van der Waals surface area (Å²) >= 11 is 0. The van der Waals surface area contributed by atoms with E-state index in [-0.39, 0.29) is 42.4 Å². The van der Waals surface area contributed by atoms with Gasteiger partial charge in [0.15, 0.2) is 0 Å². The molecule has 1 heterocycles. The number of rotatable bonds is 8. The van der Waals surface area contributed by atoms with Crippen LogP contribution in [0.2, 0.25) is 0 Å². The first-order valence-electron chi connectivity index (χ1n) is 14.0. The average molecular weight is 531 g/mol. The topological polar surface area (TPSA) is 58.6 Å². The van der Waals surface area contributed by atoms with Crippen molar-refractivity contribution < 1.29 is 14.3 Å². The highest BCUT2D eigenvalue weighted by Gasteiger charge is 2.52. The number of nitrogens with one attached hydrogen (secondary N) is 1. The Bertz CT molecular complexity index is 1460. The largest absolute Gasteiger partial charge is 0.449 e. The normalized spacial score (nSPS) is 18.6. The lowest BCUT2D eigenvalue weighted by Crippen LogP contribution is -2.63. The Morgan fingerprint density at radius 2 is 1.35 bits per heavy atom. The van der Waals surface area contributed by atoms with Crippen molar-refractivity contribution in [2.75, 3.05) is 6.61 Å². The standard InChI is InChI=1S/C35H34N2O3/c1-23(2)32(31-33(25-15-7-4-8-16-25)37(34(31)38)21-24-13-5-3-6-14-24)36-35(39)40-22-30-28-19-11-9-17-26(28)27-18-10-12-20-29(27)30/h3-20,23,30-33H,21-22H2,1-2H3,(H,36,39)/t31-,32+,33-/m1/s1. The maximum absolute atomic E-state index is 13.7. The molecule has 4 aromatic rings. The molecule has 5 nitrogen and oxygen atoms in total. The van der Waals surface area contributed by atoms with E-state index in [0.717, 1.165) is 11.1 Å². The van der Waals surface area contributed by atoms with Crippen LogP contribution in [0.25, 0.3) is 11.1 Å². The second-order valence-electron chi connectivity index (χ2n) is 11.1. The van der Waals surface area contributed by atoms with Crippen LogP contribution < -0.4 is 5.32 Å². The minimum atomic E-state index is -0.485. The second kappa shape index (κ2) is 11.0. The van der Waals surface area contributed by atoms with Crippen LogP contribution in [0.15, 0.2) is 109 Å². The van der Waals surface area contributed by atoms with Crippen LogP contribution in [0.3, 0.4) is 0 Å². The predicted octanol–water partition coefficient (Wildman–Crippen LogP) is 6.95. The zero-order valence-electron chi connectivity index (χ0n) is 22.9. The molecular weight excluding hydrogens is 496 g/mol. The van der Waals surface area contributed by atoms with E-state index in [2.05, 4.69) is 41.7 Å². The van der Waals surface area contributed by atoms with Crippen LogP contribution in [0.1, 0.15) is 48.1 Å². The van der Waals surface area contributed by atoms with Gasteiger partial charge in [0.2, 0.25) is 5.91 Å². The summed E-state index contributed by atoms with van der Waals surface area (Å²) in [4.78, 5) is 28.8. The lowest BCUT2D eigenvalue weighted by atomic mass is 9.74. The lowest BCUT2D eigenvalue weighted by molar-refractivity contribution is -0.161. The number of hydrogen-bond acceptors (Lipinski definition) is 3. The number of fused-ring (bicyclic) bond motifs is 3. The van der Waals surface area contributed by atoms with Gasteiger partial charge in [0.25, 0.3) is 0 Å². The molecule has 6 rings (SSSR count). The van der Waals surface area contributed by atoms with Crippen molar-refractivity contribution in [1.29, 1.82) is 0 Å². The van der Waals surface area contributed by atoms with Gasteiger partial charge in [-0.2, -0.15) is 0 Å². The predicted molar refractivity (Wildman–Crippen MR) is 156 cm³/mol. The third-order valence-electron chi connectivity index (χ3n) is 8.31. The Morgan fingerprint density at radius 1 is 0.800 bits per heavy atom. The molecule has 5 heteroatoms. The molecule has 0 unspecified atom stereocenters. The Balaban J connectivity index is 1.19. The summed E-state index contributed by atoms with van der Waals surface area (Å²) in [5.74, 6) is -0.291. The van der Waals surface area contributed by atoms with Gasteiger partial charge in [-0.25, -0.2) is 4.79 Å². The van der Waals surface area contributed by atoms with Gasteiger partial charge in [-0.05, 0) is 39.3 Å². The average Bonchev–Trinajstić information content (AvgIpc) is 3.31. The number of hydrogen-bond donors (Lipinski definition) is 1. The number of carbonyl (C=O) groups is 2. The Hall–Kier alpha value is -4.38. The van der Waals surface area contributed by atoms with Crippen molar-refractivity contribution in [3.8, 4) is 11.1 Å². The van der Waals surface area contributed by atoms with Crippen molar-refractivity contribution in [2.24, 2.45) is 11.8 Å². The molecule has 1 fully saturated rings. The summed E-state index contributed by atoms with van der Waals surface area (Å²) in [6, 6.07) is 36.2. The number of likely N-dealkylation sites (tertiary alicyclic amines) is 1. The van der Waals surface area contributed by atoms with E-state index >= 15 is 0 Å². The lowest BCUT2D eigenvalue weighted by Gasteiger charge is -2.51. The molecule has 1 N–H and O–H groups in total. The number of ether oxygens (including phenoxy) is 1. The number of benzene rings is 4. The molecule has 0 saturated carbocycles. The van der Waals surface area contributed by atoms with Gasteiger partial charge in [-0.1, -0.05) is 123 Å². The highest BCUT2D eigenvalue weighted by atomic mass is 16.5. The molecule has 4 aromatic carbocycles. The molecule has 0 radical (unpaired) electrons. The fourth-order valence-electron chi connectivity index (χ4n) is 6.37. The monoisotopic (exact) mass is 530 g/mol. The van der Waals surface area contributed by atoms with Gasteiger partial charge < -0.3 is 15.0 Å². The van der Waals surface area contributed by atoms with Crippen molar-refractivity contribution in [1.82, 2.24) is 10.2 Å². The van der Waals surface area contributed by atoms with Crippen molar-refractivity contribution in [3.63, 3.8) is 0 Å². The Morgan fingerprint density at radius 3 is 1.95 bits per heavy atom. The van der Waals surface area contributed by atoms with Gasteiger partial charge in [0, 0.05) is 18.5 Å². The highest BCUT2D eigenvalue weighted by Crippen LogP contribution is 2.46. The van der Waals surface area contributed by atoms with Gasteiger partial charge in [-0.3, -0.25) is 4.79 Å². The van der Waals surface area contributed by atoms with E-state index in [1.54, 1.807) is 0 Å². The van der Waals surface area contributed by atoms with E-state index in [0.29, 0.717) is 6.54 Å². The van der Waals surface area contributed by atoms with Gasteiger partial charge in [0.1, 0.15) is 6.61 Å². The molecule has 1 aliphatic carbocycles. The number of nitrogens with zero attached hydrogens (tertiary/aromatic N) is 1. The van der Waals surface area contributed by atoms with Crippen LogP contribution in [0.4, 0.5) is 4.79 Å². The summed E-state index contributed by atoms with van der Waals surface area (Å²) in [5.41, 5.74) is 6.88. The summed E-state index contributed by atoms with van der Waals surface area (Å²) in [6.07, 6.45) is -0.485. The molecule has 2 aliphatic rings. The molecule has 2 amide bonds. The first-order valence-corrected chi connectivity index (χ1v) is 14.0. The summed E-state index contributed by atoms with van der Waals surface area (Å²) in [5, 5.41) is 3.10. The van der Waals surface area contributed by atoms with E-state index in [9.17, 15) is 9.59 Å². The molecular formula is C35H34N2O3. The minimum absolute atomic E-state index is 0.0144. The number of β-lactam (4-membered cyclic amide) rings is 1. The number of carbonyl (C=O) groups excluding carboxylic acids is 2. The molecule has 0 spiro atoms. The van der Waals surface area contributed by atoms with E-state index < -0.39 is 6.09 Å². The summed E-state index contributed by atoms with van der Waals surface area (Å²) in [6.45, 7) is 4.87. The first-order chi connectivity index (χ1) is 19.5. The van der Waals surface area contributed by atoms with Gasteiger partial charge >= 0.3 is 6.09 Å². The highest BCUT2D eigenvalue weighted by molar-refractivity contribution is 5.88. The van der Waals surface area contributed by atoms with Crippen LogP contribution in [-0.4, -0.2) is 29.5 Å². The van der Waals surface area contributed by atoms with Crippen LogP contribution in [-0.2, 0) is 16.1 Å². The molecule has 40 heavy (non-hydrogen) atoms. The third-order valence-corrected chi connectivity index (χ3v) is 8.31. The van der Waals surface area contributed by atoms with Crippen molar-refractivity contribution >= 4 is 12.0 Å². The molecule has 1 aliphatic heterocycles. The van der Waals surface area contributed by atoms with Gasteiger partial charge in [0.05, 0.1) is 12.0 Å². The van der Waals surface area contributed by atoms with Crippen molar-refractivity contribution in [3.05, 3.63) is 131 Å². The molecule has 3 atom stereocenters. The quantitative estimate of drug-likeness (QED) is 0.251. The Kier molecular flexibility index (Phi) is 7.12. The van der Waals surface area contributed by atoms with Crippen LogP contribution >= 0.6 is 0 Å². The number of amides is 2. The van der Waals surface area contributed by atoms with Crippen LogP contribution in [0.5, 0.6) is 0 Å². The third kappa shape index (κ3) is 4.77. The van der Waals surface area contributed by atoms with Crippen LogP contribution in [0, 0.1) is 11.8 Å². The van der Waals surface area contributed by atoms with E-state index in [1.807, 2.05) is 91.5 Å².